The Morgan fingerprint density at radius 3 is 2.54 bits per heavy atom. The minimum Gasteiger partial charge on any atom is -0.338 e. The maximum Gasteiger partial charge on any atom is 0.254 e. The molecule has 1 aliphatic rings. The SMILES string of the molecule is Cc1nn(C)c2nc(-c3ccccc3)cc(C(=O)N3CC(C(C)C)C3)c12. The lowest BCUT2D eigenvalue weighted by Gasteiger charge is -2.41. The number of nitrogens with zero attached hydrogens (tertiary/aromatic N) is 4. The molecule has 2 aromatic heterocycles. The number of hydrogen-bond acceptors (Lipinski definition) is 3. The van der Waals surface area contributed by atoms with E-state index in [0.717, 1.165) is 41.1 Å². The van der Waals surface area contributed by atoms with Crippen LogP contribution in [0.3, 0.4) is 0 Å². The first kappa shape index (κ1) is 16.8. The maximum atomic E-state index is 13.2. The first-order chi connectivity index (χ1) is 12.5. The molecule has 0 unspecified atom stereocenters. The number of benzene rings is 1. The standard InChI is InChI=1S/C21H24N4O/c1-13(2)16-11-25(12-16)21(26)17-10-18(15-8-6-5-7-9-15)22-20-19(17)14(3)23-24(20)4/h5-10,13,16H,11-12H2,1-4H3. The molecule has 1 amide bonds. The highest BCUT2D eigenvalue weighted by Gasteiger charge is 2.34. The fourth-order valence-electron chi connectivity index (χ4n) is 3.64. The van der Waals surface area contributed by atoms with Crippen LogP contribution in [0, 0.1) is 18.8 Å². The number of carbonyl (C=O) groups is 1. The molecule has 4 rings (SSSR count). The summed E-state index contributed by atoms with van der Waals surface area (Å²) in [5.41, 5.74) is 4.13. The summed E-state index contributed by atoms with van der Waals surface area (Å²) in [5, 5.41) is 5.36. The number of fused-ring (bicyclic) bond motifs is 1. The molecule has 5 nitrogen and oxygen atoms in total. The summed E-state index contributed by atoms with van der Waals surface area (Å²) in [6, 6.07) is 11.9. The average molecular weight is 348 g/mol. The van der Waals surface area contributed by atoms with Gasteiger partial charge in [0.2, 0.25) is 0 Å². The number of likely N-dealkylation sites (tertiary alicyclic amines) is 1. The van der Waals surface area contributed by atoms with E-state index in [-0.39, 0.29) is 5.91 Å². The van der Waals surface area contributed by atoms with Crippen molar-refractivity contribution in [3.8, 4) is 11.3 Å². The Morgan fingerprint density at radius 1 is 1.19 bits per heavy atom. The van der Waals surface area contributed by atoms with E-state index in [1.807, 2.05) is 55.3 Å². The van der Waals surface area contributed by atoms with Gasteiger partial charge in [0, 0.05) is 25.7 Å². The third-order valence-corrected chi connectivity index (χ3v) is 5.41. The number of aromatic nitrogens is 3. The van der Waals surface area contributed by atoms with Gasteiger partial charge in [0.05, 0.1) is 22.3 Å². The molecule has 0 N–H and O–H groups in total. The highest BCUT2D eigenvalue weighted by Crippen LogP contribution is 2.31. The monoisotopic (exact) mass is 348 g/mol. The second-order valence-electron chi connectivity index (χ2n) is 7.54. The Labute approximate surface area is 153 Å². The van der Waals surface area contributed by atoms with Crippen LogP contribution >= 0.6 is 0 Å². The van der Waals surface area contributed by atoms with Crippen molar-refractivity contribution in [2.24, 2.45) is 18.9 Å². The molecule has 1 saturated heterocycles. The van der Waals surface area contributed by atoms with Crippen molar-refractivity contribution in [3.05, 3.63) is 47.7 Å². The van der Waals surface area contributed by atoms with Crippen molar-refractivity contribution in [1.82, 2.24) is 19.7 Å². The summed E-state index contributed by atoms with van der Waals surface area (Å²) in [7, 11) is 1.88. The molecule has 134 valence electrons. The zero-order chi connectivity index (χ0) is 18.4. The number of carbonyl (C=O) groups excluding carboxylic acids is 1. The van der Waals surface area contributed by atoms with Gasteiger partial charge in [-0.3, -0.25) is 9.48 Å². The third-order valence-electron chi connectivity index (χ3n) is 5.41. The molecular weight excluding hydrogens is 324 g/mol. The van der Waals surface area contributed by atoms with Gasteiger partial charge in [-0.05, 0) is 24.8 Å². The van der Waals surface area contributed by atoms with E-state index in [2.05, 4.69) is 18.9 Å². The summed E-state index contributed by atoms with van der Waals surface area (Å²) in [6.07, 6.45) is 0. The first-order valence-electron chi connectivity index (χ1n) is 9.14. The number of aryl methyl sites for hydroxylation is 2. The van der Waals surface area contributed by atoms with Crippen molar-refractivity contribution in [1.29, 1.82) is 0 Å². The highest BCUT2D eigenvalue weighted by atomic mass is 16.2. The molecule has 3 heterocycles. The van der Waals surface area contributed by atoms with Crippen molar-refractivity contribution in [3.63, 3.8) is 0 Å². The minimum absolute atomic E-state index is 0.0857. The molecule has 1 fully saturated rings. The van der Waals surface area contributed by atoms with Crippen LogP contribution in [0.4, 0.5) is 0 Å². The topological polar surface area (TPSA) is 51.0 Å². The van der Waals surface area contributed by atoms with Gasteiger partial charge in [0.25, 0.3) is 5.91 Å². The Hall–Kier alpha value is -2.69. The van der Waals surface area contributed by atoms with Crippen LogP contribution in [0.15, 0.2) is 36.4 Å². The zero-order valence-corrected chi connectivity index (χ0v) is 15.7. The smallest absolute Gasteiger partial charge is 0.254 e. The Morgan fingerprint density at radius 2 is 1.88 bits per heavy atom. The normalized spacial score (nSPS) is 14.9. The maximum absolute atomic E-state index is 13.2. The Balaban J connectivity index is 1.81. The van der Waals surface area contributed by atoms with Crippen LogP contribution in [0.1, 0.15) is 29.9 Å². The number of hydrogen-bond donors (Lipinski definition) is 0. The fourth-order valence-corrected chi connectivity index (χ4v) is 3.64. The lowest BCUT2D eigenvalue weighted by atomic mass is 9.88. The fraction of sp³-hybridized carbons (Fsp3) is 0.381. The van der Waals surface area contributed by atoms with Gasteiger partial charge in [0.1, 0.15) is 0 Å². The van der Waals surface area contributed by atoms with Gasteiger partial charge in [-0.2, -0.15) is 5.10 Å². The molecule has 1 aliphatic heterocycles. The summed E-state index contributed by atoms with van der Waals surface area (Å²) in [6.45, 7) is 8.04. The summed E-state index contributed by atoms with van der Waals surface area (Å²) < 4.78 is 1.76. The first-order valence-corrected chi connectivity index (χ1v) is 9.14. The van der Waals surface area contributed by atoms with Crippen molar-refractivity contribution in [2.75, 3.05) is 13.1 Å². The minimum atomic E-state index is 0.0857. The van der Waals surface area contributed by atoms with E-state index in [9.17, 15) is 4.79 Å². The van der Waals surface area contributed by atoms with Crippen LogP contribution < -0.4 is 0 Å². The molecule has 1 aromatic carbocycles. The molecule has 0 bridgehead atoms. The van der Waals surface area contributed by atoms with Gasteiger partial charge < -0.3 is 4.90 Å². The van der Waals surface area contributed by atoms with Crippen molar-refractivity contribution >= 4 is 16.9 Å². The van der Waals surface area contributed by atoms with Crippen molar-refractivity contribution in [2.45, 2.75) is 20.8 Å². The van der Waals surface area contributed by atoms with Crippen LogP contribution in [0.5, 0.6) is 0 Å². The lowest BCUT2D eigenvalue weighted by Crippen LogP contribution is -2.51. The molecule has 0 radical (unpaired) electrons. The van der Waals surface area contributed by atoms with Crippen LogP contribution in [0.25, 0.3) is 22.3 Å². The second-order valence-corrected chi connectivity index (χ2v) is 7.54. The summed E-state index contributed by atoms with van der Waals surface area (Å²) >= 11 is 0. The average Bonchev–Trinajstić information content (AvgIpc) is 2.87. The van der Waals surface area contributed by atoms with E-state index >= 15 is 0 Å². The Kier molecular flexibility index (Phi) is 4.02. The molecule has 5 heteroatoms. The second kappa shape index (κ2) is 6.24. The lowest BCUT2D eigenvalue weighted by molar-refractivity contribution is 0.0409. The van der Waals surface area contributed by atoms with Gasteiger partial charge >= 0.3 is 0 Å². The molecule has 0 atom stereocenters. The van der Waals surface area contributed by atoms with Crippen LogP contribution in [-0.2, 0) is 7.05 Å². The van der Waals surface area contributed by atoms with E-state index < -0.39 is 0 Å². The molecule has 3 aromatic rings. The third kappa shape index (κ3) is 2.68. The van der Waals surface area contributed by atoms with E-state index in [1.165, 1.54) is 0 Å². The van der Waals surface area contributed by atoms with Gasteiger partial charge in [-0.25, -0.2) is 4.98 Å². The van der Waals surface area contributed by atoms with Crippen molar-refractivity contribution < 1.29 is 4.79 Å². The number of pyridine rings is 1. The summed E-state index contributed by atoms with van der Waals surface area (Å²) in [4.78, 5) is 19.9. The molecule has 0 aliphatic carbocycles. The van der Waals surface area contributed by atoms with E-state index in [1.54, 1.807) is 4.68 Å². The Bertz CT molecular complexity index is 969. The number of rotatable bonds is 3. The predicted molar refractivity (Wildman–Crippen MR) is 103 cm³/mol. The van der Waals surface area contributed by atoms with Crippen LogP contribution in [0.2, 0.25) is 0 Å². The summed E-state index contributed by atoms with van der Waals surface area (Å²) in [5.74, 6) is 1.29. The van der Waals surface area contributed by atoms with Crippen LogP contribution in [-0.4, -0.2) is 38.7 Å². The molecule has 26 heavy (non-hydrogen) atoms. The highest BCUT2D eigenvalue weighted by molar-refractivity contribution is 6.07. The van der Waals surface area contributed by atoms with Gasteiger partial charge in [0.15, 0.2) is 5.65 Å². The van der Waals surface area contributed by atoms with E-state index in [0.29, 0.717) is 17.4 Å². The predicted octanol–water partition coefficient (Wildman–Crippen LogP) is 3.67. The van der Waals surface area contributed by atoms with Gasteiger partial charge in [-0.15, -0.1) is 0 Å². The van der Waals surface area contributed by atoms with E-state index in [4.69, 9.17) is 4.98 Å². The quantitative estimate of drug-likeness (QED) is 0.726. The largest absolute Gasteiger partial charge is 0.338 e. The van der Waals surface area contributed by atoms with Gasteiger partial charge in [-0.1, -0.05) is 44.2 Å². The zero-order valence-electron chi connectivity index (χ0n) is 15.7. The number of amides is 1. The molecule has 0 saturated carbocycles. The molecular formula is C21H24N4O. The molecule has 0 spiro atoms.